The summed E-state index contributed by atoms with van der Waals surface area (Å²) >= 11 is 0. The van der Waals surface area contributed by atoms with Crippen LogP contribution in [0.3, 0.4) is 0 Å². The minimum atomic E-state index is 0.0571. The topological polar surface area (TPSA) is 38.8 Å². The first kappa shape index (κ1) is 27.0. The number of benzene rings is 2. The molecular weight excluding hydrogens is 468 g/mol. The second kappa shape index (κ2) is 12.5. The standard InChI is InChI=1S/C33H46N4O/c1-33(2)30-16-15-29(31(33)24-30)26-36(17-9-14-27-10-5-3-6-11-27)19-18-35-20-22-37(23-21-35)32(38)34-25-28-12-7-4-8-13-28/h3-8,10-13,15,30-31H,9,14,16-26H2,1-2H3,(H,34,38). The SMILES string of the molecule is CC1(C)C2CC=C(CN(CCCc3ccccc3)CCN3CCN(C(=O)NCc4ccccc4)CC3)C1C2. The number of hydrogen-bond acceptors (Lipinski definition) is 3. The fourth-order valence-electron chi connectivity index (χ4n) is 6.68. The van der Waals surface area contributed by atoms with Gasteiger partial charge in [0.2, 0.25) is 0 Å². The van der Waals surface area contributed by atoms with Gasteiger partial charge in [-0.25, -0.2) is 4.79 Å². The lowest BCUT2D eigenvalue weighted by atomic mass is 9.49. The number of nitrogens with one attached hydrogen (secondary N) is 1. The van der Waals surface area contributed by atoms with E-state index < -0.39 is 0 Å². The Morgan fingerprint density at radius 3 is 2.29 bits per heavy atom. The van der Waals surface area contributed by atoms with Gasteiger partial charge < -0.3 is 10.2 Å². The van der Waals surface area contributed by atoms with Crippen LogP contribution >= 0.6 is 0 Å². The first-order valence-corrected chi connectivity index (χ1v) is 14.7. The molecule has 0 radical (unpaired) electrons. The Labute approximate surface area is 229 Å². The molecule has 2 amide bonds. The number of rotatable bonds is 11. The number of carbonyl (C=O) groups excluding carboxylic acids is 1. The van der Waals surface area contributed by atoms with Crippen molar-refractivity contribution in [3.8, 4) is 0 Å². The van der Waals surface area contributed by atoms with Gasteiger partial charge in [-0.3, -0.25) is 9.80 Å². The fraction of sp³-hybridized carbons (Fsp3) is 0.545. The lowest BCUT2D eigenvalue weighted by Crippen LogP contribution is -2.53. The number of nitrogens with zero attached hydrogens (tertiary/aromatic N) is 3. The molecule has 0 spiro atoms. The van der Waals surface area contributed by atoms with Gasteiger partial charge in [-0.15, -0.1) is 0 Å². The van der Waals surface area contributed by atoms with Crippen molar-refractivity contribution in [2.24, 2.45) is 17.3 Å². The summed E-state index contributed by atoms with van der Waals surface area (Å²) in [5, 5.41) is 3.08. The molecule has 1 aliphatic heterocycles. The Morgan fingerprint density at radius 2 is 1.63 bits per heavy atom. The average molecular weight is 515 g/mol. The van der Waals surface area contributed by atoms with Gasteiger partial charge in [0, 0.05) is 52.4 Å². The first-order valence-electron chi connectivity index (χ1n) is 14.7. The van der Waals surface area contributed by atoms with Gasteiger partial charge in [-0.2, -0.15) is 0 Å². The smallest absolute Gasteiger partial charge is 0.317 e. The van der Waals surface area contributed by atoms with Gasteiger partial charge >= 0.3 is 6.03 Å². The number of aryl methyl sites for hydroxylation is 1. The number of hydrogen-bond donors (Lipinski definition) is 1. The molecule has 1 N–H and O–H groups in total. The molecule has 38 heavy (non-hydrogen) atoms. The Balaban J connectivity index is 1.09. The molecule has 1 saturated heterocycles. The third kappa shape index (κ3) is 6.68. The van der Waals surface area contributed by atoms with E-state index in [-0.39, 0.29) is 6.03 Å². The summed E-state index contributed by atoms with van der Waals surface area (Å²) in [6.07, 6.45) is 7.57. The molecule has 6 rings (SSSR count). The maximum atomic E-state index is 12.7. The molecule has 4 aliphatic rings. The largest absolute Gasteiger partial charge is 0.334 e. The van der Waals surface area contributed by atoms with Gasteiger partial charge in [-0.1, -0.05) is 86.2 Å². The Morgan fingerprint density at radius 1 is 0.947 bits per heavy atom. The minimum Gasteiger partial charge on any atom is -0.334 e. The average Bonchev–Trinajstić information content (AvgIpc) is 2.96. The molecule has 5 nitrogen and oxygen atoms in total. The van der Waals surface area contributed by atoms with Crippen LogP contribution in [0, 0.1) is 17.3 Å². The number of amides is 2. The third-order valence-electron chi connectivity index (χ3n) is 9.45. The van der Waals surface area contributed by atoms with Crippen molar-refractivity contribution in [1.29, 1.82) is 0 Å². The van der Waals surface area contributed by atoms with Crippen molar-refractivity contribution < 1.29 is 4.79 Å². The van der Waals surface area contributed by atoms with Crippen LogP contribution in [0.4, 0.5) is 4.79 Å². The van der Waals surface area contributed by atoms with Crippen molar-refractivity contribution in [1.82, 2.24) is 20.0 Å². The zero-order valence-corrected chi connectivity index (χ0v) is 23.4. The van der Waals surface area contributed by atoms with E-state index in [1.165, 1.54) is 24.8 Å². The van der Waals surface area contributed by atoms with E-state index >= 15 is 0 Å². The summed E-state index contributed by atoms with van der Waals surface area (Å²) in [4.78, 5) is 19.9. The zero-order chi connectivity index (χ0) is 26.4. The molecule has 2 bridgehead atoms. The van der Waals surface area contributed by atoms with Crippen LogP contribution in [-0.2, 0) is 13.0 Å². The summed E-state index contributed by atoms with van der Waals surface area (Å²) in [5.74, 6) is 1.67. The highest BCUT2D eigenvalue weighted by atomic mass is 16.2. The molecule has 204 valence electrons. The second-order valence-electron chi connectivity index (χ2n) is 12.2. The maximum Gasteiger partial charge on any atom is 0.317 e. The van der Waals surface area contributed by atoms with Crippen LogP contribution in [-0.4, -0.2) is 73.1 Å². The van der Waals surface area contributed by atoms with Crippen LogP contribution in [0.15, 0.2) is 72.3 Å². The second-order valence-corrected chi connectivity index (χ2v) is 12.2. The van der Waals surface area contributed by atoms with Gasteiger partial charge in [0.15, 0.2) is 0 Å². The van der Waals surface area contributed by atoms with Crippen LogP contribution in [0.1, 0.15) is 44.2 Å². The molecule has 1 heterocycles. The number of allylic oxidation sites excluding steroid dienone is 1. The van der Waals surface area contributed by atoms with Gasteiger partial charge in [0.1, 0.15) is 0 Å². The lowest BCUT2D eigenvalue weighted by Gasteiger charge is -2.57. The highest BCUT2D eigenvalue weighted by Crippen LogP contribution is 2.59. The molecule has 3 aliphatic carbocycles. The quantitative estimate of drug-likeness (QED) is 0.406. The number of fused-ring (bicyclic) bond motifs is 1. The van der Waals surface area contributed by atoms with Crippen molar-refractivity contribution in [2.75, 3.05) is 52.4 Å². The van der Waals surface area contributed by atoms with E-state index in [4.69, 9.17) is 0 Å². The molecule has 5 heteroatoms. The van der Waals surface area contributed by atoms with Crippen LogP contribution in [0.2, 0.25) is 0 Å². The van der Waals surface area contributed by atoms with Gasteiger partial charge in [0.25, 0.3) is 0 Å². The van der Waals surface area contributed by atoms with E-state index in [2.05, 4.69) is 77.5 Å². The number of piperazine rings is 1. The molecule has 0 aromatic heterocycles. The Hall–Kier alpha value is -2.63. The Bertz CT molecular complexity index is 1060. The molecule has 1 saturated carbocycles. The predicted octanol–water partition coefficient (Wildman–Crippen LogP) is 5.44. The van der Waals surface area contributed by atoms with E-state index in [9.17, 15) is 4.79 Å². The van der Waals surface area contributed by atoms with E-state index in [1.54, 1.807) is 5.57 Å². The highest BCUT2D eigenvalue weighted by Gasteiger charge is 2.51. The van der Waals surface area contributed by atoms with Crippen molar-refractivity contribution in [3.63, 3.8) is 0 Å². The van der Waals surface area contributed by atoms with Crippen molar-refractivity contribution in [2.45, 2.75) is 46.1 Å². The maximum absolute atomic E-state index is 12.7. The minimum absolute atomic E-state index is 0.0571. The van der Waals surface area contributed by atoms with Gasteiger partial charge in [0.05, 0.1) is 0 Å². The predicted molar refractivity (Wildman–Crippen MR) is 156 cm³/mol. The lowest BCUT2D eigenvalue weighted by molar-refractivity contribution is -0.0109. The summed E-state index contributed by atoms with van der Waals surface area (Å²) in [6, 6.07) is 21.1. The molecule has 2 atom stereocenters. The molecule has 2 aromatic rings. The molecule has 2 fully saturated rings. The first-order chi connectivity index (χ1) is 18.5. The summed E-state index contributed by atoms with van der Waals surface area (Å²) < 4.78 is 0. The van der Waals surface area contributed by atoms with E-state index in [0.29, 0.717) is 12.0 Å². The van der Waals surface area contributed by atoms with Crippen LogP contribution in [0.25, 0.3) is 0 Å². The summed E-state index contributed by atoms with van der Waals surface area (Å²) in [7, 11) is 0. The zero-order valence-electron chi connectivity index (χ0n) is 23.4. The monoisotopic (exact) mass is 514 g/mol. The normalized spacial score (nSPS) is 22.6. The fourth-order valence-corrected chi connectivity index (χ4v) is 6.68. The molecular formula is C33H46N4O. The number of carbonyl (C=O) groups is 1. The molecule has 2 unspecified atom stereocenters. The Kier molecular flexibility index (Phi) is 8.86. The van der Waals surface area contributed by atoms with Crippen LogP contribution < -0.4 is 5.32 Å². The third-order valence-corrected chi connectivity index (χ3v) is 9.45. The van der Waals surface area contributed by atoms with Gasteiger partial charge in [-0.05, 0) is 60.6 Å². The van der Waals surface area contributed by atoms with E-state index in [1.807, 2.05) is 23.1 Å². The summed E-state index contributed by atoms with van der Waals surface area (Å²) in [5.41, 5.74) is 4.75. The van der Waals surface area contributed by atoms with Crippen molar-refractivity contribution >= 4 is 6.03 Å². The molecule has 2 aromatic carbocycles. The van der Waals surface area contributed by atoms with E-state index in [0.717, 1.165) is 76.2 Å². The highest BCUT2D eigenvalue weighted by molar-refractivity contribution is 5.74. The number of urea groups is 1. The summed E-state index contributed by atoms with van der Waals surface area (Å²) in [6.45, 7) is 13.5. The van der Waals surface area contributed by atoms with Crippen molar-refractivity contribution in [3.05, 3.63) is 83.4 Å². The van der Waals surface area contributed by atoms with Crippen LogP contribution in [0.5, 0.6) is 0 Å².